The average Bonchev–Trinajstić information content (AvgIpc) is 3.08. The quantitative estimate of drug-likeness (QED) is 0.555. The smallest absolute Gasteiger partial charge is 0.151 e. The second-order valence-electron chi connectivity index (χ2n) is 6.12. The molecule has 0 unspecified atom stereocenters. The molecule has 1 atom stereocenters. The normalized spacial score (nSPS) is 16.7. The number of hydrogen-bond donors (Lipinski definition) is 0. The number of rotatable bonds is 3. The van der Waals surface area contributed by atoms with Crippen LogP contribution in [0.25, 0.3) is 0 Å². The maximum absolute atomic E-state index is 14.4. The molecular formula is C21H15ClF2N2. The fourth-order valence-corrected chi connectivity index (χ4v) is 3.28. The van der Waals surface area contributed by atoms with E-state index in [1.807, 2.05) is 42.5 Å². The van der Waals surface area contributed by atoms with Gasteiger partial charge in [-0.2, -0.15) is 5.10 Å². The predicted octanol–water partition coefficient (Wildman–Crippen LogP) is 5.97. The lowest BCUT2D eigenvalue weighted by Gasteiger charge is -2.24. The van der Waals surface area contributed by atoms with E-state index in [0.29, 0.717) is 11.4 Å². The van der Waals surface area contributed by atoms with Crippen molar-refractivity contribution in [1.29, 1.82) is 0 Å². The first-order valence-corrected chi connectivity index (χ1v) is 8.62. The lowest BCUT2D eigenvalue weighted by Crippen LogP contribution is -2.19. The predicted molar refractivity (Wildman–Crippen MR) is 101 cm³/mol. The van der Waals surface area contributed by atoms with Crippen LogP contribution in [-0.4, -0.2) is 5.71 Å². The van der Waals surface area contributed by atoms with Gasteiger partial charge in [0, 0.05) is 17.5 Å². The molecule has 0 spiro atoms. The van der Waals surface area contributed by atoms with Crippen molar-refractivity contribution in [2.75, 3.05) is 5.01 Å². The number of hydrazone groups is 1. The summed E-state index contributed by atoms with van der Waals surface area (Å²) in [6.07, 6.45) is 0.614. The van der Waals surface area contributed by atoms with E-state index in [-0.39, 0.29) is 11.7 Å². The number of hydrogen-bond acceptors (Lipinski definition) is 2. The molecule has 0 saturated heterocycles. The van der Waals surface area contributed by atoms with Gasteiger partial charge in [0.05, 0.1) is 17.4 Å². The Labute approximate surface area is 155 Å². The van der Waals surface area contributed by atoms with Gasteiger partial charge in [0.2, 0.25) is 0 Å². The molecule has 130 valence electrons. The zero-order chi connectivity index (χ0) is 18.1. The Bertz CT molecular complexity index is 956. The van der Waals surface area contributed by atoms with Gasteiger partial charge in [-0.3, -0.25) is 5.01 Å². The molecule has 3 aromatic rings. The summed E-state index contributed by atoms with van der Waals surface area (Å²) in [5, 5.41) is 6.93. The Balaban J connectivity index is 1.78. The van der Waals surface area contributed by atoms with Gasteiger partial charge in [-0.25, -0.2) is 8.78 Å². The second-order valence-corrected chi connectivity index (χ2v) is 6.56. The monoisotopic (exact) mass is 368 g/mol. The van der Waals surface area contributed by atoms with Crippen LogP contribution >= 0.6 is 11.6 Å². The van der Waals surface area contributed by atoms with Gasteiger partial charge in [-0.15, -0.1) is 0 Å². The molecule has 2 nitrogen and oxygen atoms in total. The van der Waals surface area contributed by atoms with Crippen molar-refractivity contribution in [3.8, 4) is 0 Å². The van der Waals surface area contributed by atoms with Gasteiger partial charge in [0.1, 0.15) is 5.82 Å². The van der Waals surface area contributed by atoms with Gasteiger partial charge in [0.15, 0.2) is 5.82 Å². The zero-order valence-corrected chi connectivity index (χ0v) is 14.5. The fourth-order valence-electron chi connectivity index (χ4n) is 3.15. The maximum Gasteiger partial charge on any atom is 0.151 e. The molecule has 1 aliphatic heterocycles. The van der Waals surface area contributed by atoms with Crippen LogP contribution in [0.3, 0.4) is 0 Å². The molecule has 0 amide bonds. The fraction of sp³-hybridized carbons (Fsp3) is 0.0952. The number of anilines is 1. The van der Waals surface area contributed by atoms with Gasteiger partial charge < -0.3 is 0 Å². The molecule has 0 radical (unpaired) electrons. The summed E-state index contributed by atoms with van der Waals surface area (Å²) in [5.41, 5.74) is 3.03. The van der Waals surface area contributed by atoms with Crippen molar-refractivity contribution in [3.05, 3.63) is 101 Å². The molecule has 3 aromatic carbocycles. The Kier molecular flexibility index (Phi) is 4.43. The highest BCUT2D eigenvalue weighted by atomic mass is 35.5. The molecule has 0 N–H and O–H groups in total. The highest BCUT2D eigenvalue weighted by molar-refractivity contribution is 6.30. The number of nitrogens with zero attached hydrogens (tertiary/aromatic N) is 2. The summed E-state index contributed by atoms with van der Waals surface area (Å²) in [7, 11) is 0. The van der Waals surface area contributed by atoms with E-state index >= 15 is 0 Å². The van der Waals surface area contributed by atoms with E-state index in [1.165, 1.54) is 12.1 Å². The third-order valence-electron chi connectivity index (χ3n) is 4.43. The standard InChI is InChI=1S/C21H15ClF2N2/c22-16-8-6-14(7-9-16)19-13-21(15-4-2-1-3-5-15)26(25-19)20-11-10-17(23)12-18(20)24/h1-12,21H,13H2/t21-/m0/s1. The largest absolute Gasteiger partial charge is 0.254 e. The summed E-state index contributed by atoms with van der Waals surface area (Å²) in [6, 6.07) is 20.6. The van der Waals surface area contributed by atoms with Gasteiger partial charge >= 0.3 is 0 Å². The van der Waals surface area contributed by atoms with E-state index in [0.717, 1.165) is 22.9 Å². The highest BCUT2D eigenvalue weighted by Crippen LogP contribution is 2.38. The molecule has 0 bridgehead atoms. The van der Waals surface area contributed by atoms with Crippen molar-refractivity contribution in [3.63, 3.8) is 0 Å². The number of benzene rings is 3. The first kappa shape index (κ1) is 16.7. The molecule has 26 heavy (non-hydrogen) atoms. The third-order valence-corrected chi connectivity index (χ3v) is 4.68. The molecule has 1 heterocycles. The highest BCUT2D eigenvalue weighted by Gasteiger charge is 2.31. The van der Waals surface area contributed by atoms with E-state index in [4.69, 9.17) is 11.6 Å². The Morgan fingerprint density at radius 3 is 2.35 bits per heavy atom. The van der Waals surface area contributed by atoms with Crippen LogP contribution in [0.4, 0.5) is 14.5 Å². The minimum atomic E-state index is -0.632. The Morgan fingerprint density at radius 2 is 1.65 bits per heavy atom. The molecular weight excluding hydrogens is 354 g/mol. The molecule has 4 rings (SSSR count). The summed E-state index contributed by atoms with van der Waals surface area (Å²) in [6.45, 7) is 0. The van der Waals surface area contributed by atoms with E-state index < -0.39 is 11.6 Å². The van der Waals surface area contributed by atoms with Gasteiger partial charge in [0.25, 0.3) is 0 Å². The molecule has 1 aliphatic rings. The maximum atomic E-state index is 14.4. The average molecular weight is 369 g/mol. The Morgan fingerprint density at radius 1 is 0.923 bits per heavy atom. The molecule has 5 heteroatoms. The van der Waals surface area contributed by atoms with Gasteiger partial charge in [-0.05, 0) is 35.4 Å². The van der Waals surface area contributed by atoms with Crippen LogP contribution in [-0.2, 0) is 0 Å². The van der Waals surface area contributed by atoms with Crippen LogP contribution in [0.1, 0.15) is 23.6 Å². The van der Waals surface area contributed by atoms with Crippen LogP contribution in [0, 0.1) is 11.6 Å². The lowest BCUT2D eigenvalue weighted by molar-refractivity contribution is 0.573. The van der Waals surface area contributed by atoms with Crippen molar-refractivity contribution in [1.82, 2.24) is 0 Å². The van der Waals surface area contributed by atoms with E-state index in [9.17, 15) is 8.78 Å². The first-order chi connectivity index (χ1) is 12.6. The van der Waals surface area contributed by atoms with Crippen LogP contribution < -0.4 is 5.01 Å². The SMILES string of the molecule is Fc1ccc(N2N=C(c3ccc(Cl)cc3)C[C@H]2c2ccccc2)c(F)c1. The van der Waals surface area contributed by atoms with Crippen molar-refractivity contribution >= 4 is 23.0 Å². The lowest BCUT2D eigenvalue weighted by atomic mass is 9.98. The summed E-state index contributed by atoms with van der Waals surface area (Å²) in [4.78, 5) is 0. The topological polar surface area (TPSA) is 15.6 Å². The molecule has 0 saturated carbocycles. The molecule has 0 fully saturated rings. The molecule has 0 aliphatic carbocycles. The van der Waals surface area contributed by atoms with Crippen molar-refractivity contribution in [2.45, 2.75) is 12.5 Å². The van der Waals surface area contributed by atoms with Crippen molar-refractivity contribution < 1.29 is 8.78 Å². The summed E-state index contributed by atoms with van der Waals surface area (Å²) in [5.74, 6) is -1.24. The Hall–Kier alpha value is -2.72. The summed E-state index contributed by atoms with van der Waals surface area (Å²) >= 11 is 5.97. The van der Waals surface area contributed by atoms with Crippen molar-refractivity contribution in [2.24, 2.45) is 5.10 Å². The van der Waals surface area contributed by atoms with E-state index in [1.54, 1.807) is 17.1 Å². The minimum absolute atomic E-state index is 0.165. The second kappa shape index (κ2) is 6.89. The third kappa shape index (κ3) is 3.20. The van der Waals surface area contributed by atoms with Gasteiger partial charge in [-0.1, -0.05) is 54.1 Å². The van der Waals surface area contributed by atoms with E-state index in [2.05, 4.69) is 5.10 Å². The van der Waals surface area contributed by atoms with Crippen LogP contribution in [0.2, 0.25) is 5.02 Å². The van der Waals surface area contributed by atoms with Crippen LogP contribution in [0.15, 0.2) is 77.9 Å². The van der Waals surface area contributed by atoms with Crippen LogP contribution in [0.5, 0.6) is 0 Å². The molecule has 0 aromatic heterocycles. The minimum Gasteiger partial charge on any atom is -0.254 e. The number of halogens is 3. The first-order valence-electron chi connectivity index (χ1n) is 8.24. The summed E-state index contributed by atoms with van der Waals surface area (Å²) < 4.78 is 27.7. The zero-order valence-electron chi connectivity index (χ0n) is 13.7.